The fraction of sp³-hybridized carbons (Fsp3) is 0.400. The van der Waals surface area contributed by atoms with Crippen molar-refractivity contribution in [3.8, 4) is 0 Å². The van der Waals surface area contributed by atoms with Gasteiger partial charge in [0.15, 0.2) is 9.84 Å². The number of carbonyl (C=O) groups excluding carboxylic acids is 3. The van der Waals surface area contributed by atoms with E-state index in [0.29, 0.717) is 16.7 Å². The van der Waals surface area contributed by atoms with Crippen molar-refractivity contribution in [2.75, 3.05) is 17.2 Å². The van der Waals surface area contributed by atoms with Gasteiger partial charge in [-0.15, -0.1) is 0 Å². The minimum absolute atomic E-state index is 0.286. The first-order chi connectivity index (χ1) is 18.4. The fourth-order valence-electron chi connectivity index (χ4n) is 3.77. The molecule has 9 nitrogen and oxygen atoms in total. The van der Waals surface area contributed by atoms with Gasteiger partial charge < -0.3 is 20.3 Å². The molecule has 218 valence electrons. The molecule has 1 aliphatic heterocycles. The number of amides is 3. The van der Waals surface area contributed by atoms with Crippen molar-refractivity contribution in [2.24, 2.45) is 0 Å². The highest BCUT2D eigenvalue weighted by atomic mass is 35.5. The molecule has 2 aromatic rings. The molecule has 40 heavy (non-hydrogen) atoms. The zero-order valence-corrected chi connectivity index (χ0v) is 23.1. The van der Waals surface area contributed by atoms with Crippen molar-refractivity contribution in [3.63, 3.8) is 0 Å². The zero-order chi connectivity index (χ0) is 30.0. The topological polar surface area (TPSA) is 122 Å². The van der Waals surface area contributed by atoms with Crippen LogP contribution in [-0.2, 0) is 25.9 Å². The predicted octanol–water partition coefficient (Wildman–Crippen LogP) is 4.38. The molecule has 2 N–H and O–H groups in total. The Morgan fingerprint density at radius 3 is 2.33 bits per heavy atom. The number of alkyl carbamates (subject to hydrolysis) is 1. The summed E-state index contributed by atoms with van der Waals surface area (Å²) in [5.74, 6) is -4.44. The summed E-state index contributed by atoms with van der Waals surface area (Å²) in [5.41, 5.74) is -1.68. The van der Waals surface area contributed by atoms with Gasteiger partial charge in [-0.3, -0.25) is 9.59 Å². The number of anilines is 1. The van der Waals surface area contributed by atoms with Gasteiger partial charge in [0.05, 0.1) is 34.9 Å². The zero-order valence-electron chi connectivity index (χ0n) is 21.6. The standard InChI is InChI=1S/C25H26ClF4N3O6S/c1-24(2,3)39-23(36)32-18-13-40(37,38)20-11-17(27)16(21(34)31-9-8-25(28,29)30)10-19(20)33(22(18)35)12-14-4-6-15(26)7-5-14/h4-7,10-11,18H,8-9,12-13H2,1-3H3,(H,31,34)(H,32,36)/t18-/m0/s1. The molecule has 1 heterocycles. The highest BCUT2D eigenvalue weighted by molar-refractivity contribution is 7.91. The Kier molecular flexibility index (Phi) is 9.04. The van der Waals surface area contributed by atoms with E-state index in [-0.39, 0.29) is 6.54 Å². The molecule has 3 amide bonds. The smallest absolute Gasteiger partial charge is 0.408 e. The highest BCUT2D eigenvalue weighted by Crippen LogP contribution is 2.34. The van der Waals surface area contributed by atoms with Crippen LogP contribution in [0.4, 0.5) is 28.0 Å². The Hall–Kier alpha value is -3.39. The lowest BCUT2D eigenvalue weighted by Crippen LogP contribution is -2.51. The number of fused-ring (bicyclic) bond motifs is 1. The molecule has 0 aliphatic carbocycles. The maximum atomic E-state index is 15.0. The van der Waals surface area contributed by atoms with Crippen molar-refractivity contribution in [1.29, 1.82) is 0 Å². The molecule has 3 rings (SSSR count). The van der Waals surface area contributed by atoms with E-state index in [1.807, 2.05) is 5.32 Å². The van der Waals surface area contributed by atoms with Crippen LogP contribution < -0.4 is 15.5 Å². The van der Waals surface area contributed by atoms with Gasteiger partial charge in [0.2, 0.25) is 0 Å². The number of hydrogen-bond acceptors (Lipinski definition) is 6. The lowest BCUT2D eigenvalue weighted by molar-refractivity contribution is -0.133. The van der Waals surface area contributed by atoms with E-state index in [1.54, 1.807) is 32.9 Å². The molecule has 0 fully saturated rings. The van der Waals surface area contributed by atoms with Gasteiger partial charge in [-0.2, -0.15) is 13.2 Å². The molecule has 0 radical (unpaired) electrons. The molecule has 1 atom stereocenters. The molecular formula is C25H26ClF4N3O6S. The third-order valence-electron chi connectivity index (χ3n) is 5.51. The summed E-state index contributed by atoms with van der Waals surface area (Å²) in [5, 5.41) is 4.55. The van der Waals surface area contributed by atoms with Crippen molar-refractivity contribution in [1.82, 2.24) is 10.6 Å². The average Bonchev–Trinajstić information content (AvgIpc) is 2.86. The molecule has 0 unspecified atom stereocenters. The number of alkyl halides is 3. The number of nitrogens with one attached hydrogen (secondary N) is 2. The minimum Gasteiger partial charge on any atom is -0.444 e. The van der Waals surface area contributed by atoms with E-state index in [1.165, 1.54) is 12.1 Å². The van der Waals surface area contributed by atoms with E-state index < -0.39 is 86.2 Å². The van der Waals surface area contributed by atoms with E-state index in [0.717, 1.165) is 11.0 Å². The lowest BCUT2D eigenvalue weighted by Gasteiger charge is -2.27. The van der Waals surface area contributed by atoms with Crippen LogP contribution in [0.25, 0.3) is 0 Å². The molecule has 0 aromatic heterocycles. The maximum Gasteiger partial charge on any atom is 0.408 e. The number of rotatable bonds is 6. The molecule has 1 aliphatic rings. The van der Waals surface area contributed by atoms with Crippen LogP contribution in [0.5, 0.6) is 0 Å². The summed E-state index contributed by atoms with van der Waals surface area (Å²) >= 11 is 5.93. The van der Waals surface area contributed by atoms with Crippen LogP contribution >= 0.6 is 11.6 Å². The van der Waals surface area contributed by atoms with E-state index in [4.69, 9.17) is 16.3 Å². The van der Waals surface area contributed by atoms with Crippen molar-refractivity contribution in [3.05, 3.63) is 58.4 Å². The van der Waals surface area contributed by atoms with Crippen LogP contribution in [0.1, 0.15) is 43.1 Å². The van der Waals surface area contributed by atoms with Crippen LogP contribution in [0.3, 0.4) is 0 Å². The number of halogens is 5. The van der Waals surface area contributed by atoms with E-state index in [9.17, 15) is 40.4 Å². The minimum atomic E-state index is -4.58. The summed E-state index contributed by atoms with van der Waals surface area (Å²) in [6.45, 7) is 3.54. The number of carbonyl (C=O) groups is 3. The number of sulfone groups is 1. The largest absolute Gasteiger partial charge is 0.444 e. The van der Waals surface area contributed by atoms with Gasteiger partial charge >= 0.3 is 12.3 Å². The molecule has 15 heteroatoms. The Bertz CT molecular complexity index is 1410. The molecule has 0 saturated carbocycles. The number of ether oxygens (including phenoxy) is 1. The average molecular weight is 608 g/mol. The van der Waals surface area contributed by atoms with Gasteiger partial charge in [0.25, 0.3) is 11.8 Å². The van der Waals surface area contributed by atoms with Gasteiger partial charge in [0.1, 0.15) is 17.5 Å². The van der Waals surface area contributed by atoms with E-state index >= 15 is 0 Å². The van der Waals surface area contributed by atoms with Crippen molar-refractivity contribution in [2.45, 2.75) is 56.5 Å². The maximum absolute atomic E-state index is 15.0. The van der Waals surface area contributed by atoms with E-state index in [2.05, 4.69) is 5.32 Å². The Morgan fingerprint density at radius 2 is 1.75 bits per heavy atom. The van der Waals surface area contributed by atoms with Crippen molar-refractivity contribution >= 4 is 45.0 Å². The van der Waals surface area contributed by atoms with Gasteiger partial charge in [-0.25, -0.2) is 17.6 Å². The predicted molar refractivity (Wildman–Crippen MR) is 137 cm³/mol. The summed E-state index contributed by atoms with van der Waals surface area (Å²) < 4.78 is 84.2. The lowest BCUT2D eigenvalue weighted by atomic mass is 10.1. The third kappa shape index (κ3) is 8.07. The molecule has 2 aromatic carbocycles. The number of hydrogen-bond donors (Lipinski definition) is 2. The third-order valence-corrected chi connectivity index (χ3v) is 7.53. The van der Waals surface area contributed by atoms with Crippen LogP contribution in [0, 0.1) is 5.82 Å². The highest BCUT2D eigenvalue weighted by Gasteiger charge is 2.40. The van der Waals surface area contributed by atoms with Gasteiger partial charge in [-0.1, -0.05) is 23.7 Å². The fourth-order valence-corrected chi connectivity index (χ4v) is 5.51. The second kappa shape index (κ2) is 11.6. The Labute approximate surface area is 232 Å². The molecule has 0 bridgehead atoms. The Balaban J connectivity index is 2.08. The van der Waals surface area contributed by atoms with Gasteiger partial charge in [0, 0.05) is 11.6 Å². The summed E-state index contributed by atoms with van der Waals surface area (Å²) in [7, 11) is -4.46. The van der Waals surface area contributed by atoms with Crippen LogP contribution in [0.2, 0.25) is 5.02 Å². The normalized spacial score (nSPS) is 17.1. The first-order valence-corrected chi connectivity index (χ1v) is 13.9. The molecular weight excluding hydrogens is 582 g/mol. The van der Waals surface area contributed by atoms with Crippen LogP contribution in [0.15, 0.2) is 41.3 Å². The first kappa shape index (κ1) is 31.1. The monoisotopic (exact) mass is 607 g/mol. The number of benzene rings is 2. The first-order valence-electron chi connectivity index (χ1n) is 11.8. The summed E-state index contributed by atoms with van der Waals surface area (Å²) in [6, 6.07) is 5.76. The quantitative estimate of drug-likeness (QED) is 0.470. The van der Waals surface area contributed by atoms with Crippen LogP contribution in [-0.4, -0.2) is 56.4 Å². The second-order valence-corrected chi connectivity index (χ2v) is 12.4. The molecule has 0 spiro atoms. The summed E-state index contributed by atoms with van der Waals surface area (Å²) in [4.78, 5) is 38.9. The Morgan fingerprint density at radius 1 is 1.12 bits per heavy atom. The SMILES string of the molecule is CC(C)(C)OC(=O)N[C@H]1CS(=O)(=O)c2cc(F)c(C(=O)NCCC(F)(F)F)cc2N(Cc2ccc(Cl)cc2)C1=O. The van der Waals surface area contributed by atoms with Crippen molar-refractivity contribution < 1.29 is 45.1 Å². The number of nitrogens with zero attached hydrogens (tertiary/aromatic N) is 1. The van der Waals surface area contributed by atoms with Gasteiger partial charge in [-0.05, 0) is 50.6 Å². The molecule has 0 saturated heterocycles. The summed E-state index contributed by atoms with van der Waals surface area (Å²) in [6.07, 6.45) is -7.03. The second-order valence-electron chi connectivity index (χ2n) is 9.95.